The summed E-state index contributed by atoms with van der Waals surface area (Å²) in [5, 5.41) is 24.8. The Bertz CT molecular complexity index is 1250. The Balaban J connectivity index is 1.67. The Labute approximate surface area is 194 Å². The Kier molecular flexibility index (Phi) is 6.86. The van der Waals surface area contributed by atoms with Gasteiger partial charge in [0.25, 0.3) is 0 Å². The largest absolute Gasteiger partial charge is 0.480 e. The van der Waals surface area contributed by atoms with E-state index in [2.05, 4.69) is 30.8 Å². The third-order valence-corrected chi connectivity index (χ3v) is 5.13. The molecular weight excluding hydrogens is 444 g/mol. The van der Waals surface area contributed by atoms with E-state index in [1.54, 1.807) is 23.0 Å². The van der Waals surface area contributed by atoms with Gasteiger partial charge in [-0.25, -0.2) is 9.97 Å². The van der Waals surface area contributed by atoms with Gasteiger partial charge in [0.15, 0.2) is 5.82 Å². The minimum atomic E-state index is -1.02. The number of benzene rings is 2. The van der Waals surface area contributed by atoms with E-state index in [1.807, 2.05) is 42.5 Å². The first-order valence-electron chi connectivity index (χ1n) is 10.2. The van der Waals surface area contributed by atoms with Gasteiger partial charge in [0.2, 0.25) is 5.95 Å². The van der Waals surface area contributed by atoms with Gasteiger partial charge in [0.05, 0.1) is 16.9 Å². The summed E-state index contributed by atoms with van der Waals surface area (Å²) in [6, 6.07) is 15.9. The number of hydrogen-bond acceptors (Lipinski definition) is 8. The molecule has 0 aliphatic rings. The van der Waals surface area contributed by atoms with Crippen molar-refractivity contribution in [3.63, 3.8) is 0 Å². The molecule has 0 bridgehead atoms. The number of rotatable bonds is 9. The summed E-state index contributed by atoms with van der Waals surface area (Å²) >= 11 is 6.23. The van der Waals surface area contributed by atoms with E-state index < -0.39 is 12.0 Å². The Morgan fingerprint density at radius 3 is 2.76 bits per heavy atom. The fraction of sp³-hybridized carbons (Fsp3) is 0.182. The van der Waals surface area contributed by atoms with Crippen LogP contribution >= 0.6 is 11.6 Å². The van der Waals surface area contributed by atoms with Crippen LogP contribution in [-0.2, 0) is 4.79 Å². The van der Waals surface area contributed by atoms with Gasteiger partial charge >= 0.3 is 5.97 Å². The van der Waals surface area contributed by atoms with E-state index in [4.69, 9.17) is 22.4 Å². The van der Waals surface area contributed by atoms with E-state index in [-0.39, 0.29) is 0 Å². The van der Waals surface area contributed by atoms with E-state index in [0.717, 1.165) is 11.3 Å². The molecule has 0 aliphatic heterocycles. The molecule has 10 nitrogen and oxygen atoms in total. The Morgan fingerprint density at radius 2 is 2.00 bits per heavy atom. The first kappa shape index (κ1) is 22.3. The van der Waals surface area contributed by atoms with Crippen LogP contribution in [-0.4, -0.2) is 53.8 Å². The number of nitrogens with two attached hydrogens (primary N) is 1. The zero-order valence-corrected chi connectivity index (χ0v) is 18.2. The van der Waals surface area contributed by atoms with Crippen molar-refractivity contribution in [2.24, 2.45) is 5.73 Å². The van der Waals surface area contributed by atoms with Crippen molar-refractivity contribution in [1.82, 2.24) is 30.2 Å². The first-order chi connectivity index (χ1) is 16.0. The summed E-state index contributed by atoms with van der Waals surface area (Å²) in [6.45, 7) is 0.469. The number of tetrazole rings is 1. The summed E-state index contributed by atoms with van der Waals surface area (Å²) in [7, 11) is 0. The predicted molar refractivity (Wildman–Crippen MR) is 124 cm³/mol. The normalized spacial score (nSPS) is 11.8. The molecule has 0 saturated carbocycles. The zero-order chi connectivity index (χ0) is 23.2. The molecule has 2 aromatic heterocycles. The molecule has 0 spiro atoms. The third kappa shape index (κ3) is 5.30. The number of nitrogens with one attached hydrogen (secondary N) is 1. The molecule has 2 aromatic carbocycles. The van der Waals surface area contributed by atoms with E-state index in [1.165, 1.54) is 0 Å². The fourth-order valence-corrected chi connectivity index (χ4v) is 3.42. The Morgan fingerprint density at radius 1 is 1.18 bits per heavy atom. The molecule has 2 heterocycles. The molecule has 0 unspecified atom stereocenters. The Hall–Kier alpha value is -3.89. The molecule has 0 aliphatic carbocycles. The maximum absolute atomic E-state index is 10.9. The van der Waals surface area contributed by atoms with Crippen molar-refractivity contribution in [2.45, 2.75) is 18.9 Å². The van der Waals surface area contributed by atoms with Gasteiger partial charge in [0, 0.05) is 23.3 Å². The highest BCUT2D eigenvalue weighted by atomic mass is 35.5. The quantitative estimate of drug-likeness (QED) is 0.318. The average Bonchev–Trinajstić information content (AvgIpc) is 3.32. The number of para-hydroxylation sites is 1. The zero-order valence-electron chi connectivity index (χ0n) is 17.5. The maximum Gasteiger partial charge on any atom is 0.320 e. The average molecular weight is 465 g/mol. The van der Waals surface area contributed by atoms with Crippen molar-refractivity contribution >= 4 is 23.5 Å². The fourth-order valence-electron chi connectivity index (χ4n) is 3.23. The van der Waals surface area contributed by atoms with Gasteiger partial charge in [-0.3, -0.25) is 4.79 Å². The molecular formula is C22H21ClN8O2. The molecule has 0 radical (unpaired) electrons. The van der Waals surface area contributed by atoms with Crippen molar-refractivity contribution < 1.29 is 9.90 Å². The molecule has 33 heavy (non-hydrogen) atoms. The van der Waals surface area contributed by atoms with Crippen LogP contribution < -0.4 is 11.1 Å². The number of carboxylic acid groups (broad SMARTS) is 1. The second-order valence-corrected chi connectivity index (χ2v) is 7.67. The number of anilines is 1. The molecule has 11 heteroatoms. The van der Waals surface area contributed by atoms with Gasteiger partial charge in [-0.1, -0.05) is 41.9 Å². The van der Waals surface area contributed by atoms with E-state index in [9.17, 15) is 4.79 Å². The number of halogens is 1. The van der Waals surface area contributed by atoms with Crippen LogP contribution in [0.15, 0.2) is 60.8 Å². The predicted octanol–water partition coefficient (Wildman–Crippen LogP) is 3.04. The van der Waals surface area contributed by atoms with Crippen LogP contribution in [0.4, 0.5) is 5.95 Å². The van der Waals surface area contributed by atoms with Gasteiger partial charge in [-0.05, 0) is 47.5 Å². The molecule has 0 saturated heterocycles. The summed E-state index contributed by atoms with van der Waals surface area (Å²) in [5.41, 5.74) is 8.36. The summed E-state index contributed by atoms with van der Waals surface area (Å²) in [4.78, 5) is 20.0. The number of aliphatic carboxylic acids is 1. The highest BCUT2D eigenvalue weighted by Gasteiger charge is 2.19. The standard InChI is InChI=1S/C22H21ClN8O2/c23-15-7-4-6-14(12-15)19-17(20-28-29-30-31(20)16-8-2-1-3-9-16)13-26-22(27-19)25-11-5-10-18(24)21(32)33/h1-4,6-9,12-13,18H,5,10-11,24H2,(H,32,33)(H,25,26,27)/t18-/m1/s1. The van der Waals surface area contributed by atoms with Gasteiger partial charge in [0.1, 0.15) is 6.04 Å². The van der Waals surface area contributed by atoms with Gasteiger partial charge < -0.3 is 16.2 Å². The smallest absolute Gasteiger partial charge is 0.320 e. The number of nitrogens with zero attached hydrogens (tertiary/aromatic N) is 6. The molecule has 0 fully saturated rings. The van der Waals surface area contributed by atoms with Crippen LogP contribution in [0, 0.1) is 0 Å². The lowest BCUT2D eigenvalue weighted by atomic mass is 10.1. The molecule has 4 aromatic rings. The van der Waals surface area contributed by atoms with Crippen LogP contribution in [0.25, 0.3) is 28.3 Å². The second-order valence-electron chi connectivity index (χ2n) is 7.23. The number of carboxylic acids is 1. The summed E-state index contributed by atoms with van der Waals surface area (Å²) in [5.74, 6) is -0.151. The van der Waals surface area contributed by atoms with Crippen molar-refractivity contribution in [3.8, 4) is 28.3 Å². The van der Waals surface area contributed by atoms with E-state index >= 15 is 0 Å². The van der Waals surface area contributed by atoms with Crippen molar-refractivity contribution in [2.75, 3.05) is 11.9 Å². The highest BCUT2D eigenvalue weighted by Crippen LogP contribution is 2.31. The van der Waals surface area contributed by atoms with Crippen LogP contribution in [0.3, 0.4) is 0 Å². The summed E-state index contributed by atoms with van der Waals surface area (Å²) < 4.78 is 1.62. The number of aromatic nitrogens is 6. The molecule has 168 valence electrons. The molecule has 1 atom stereocenters. The van der Waals surface area contributed by atoms with Crippen LogP contribution in [0.2, 0.25) is 5.02 Å². The minimum Gasteiger partial charge on any atom is -0.480 e. The highest BCUT2D eigenvalue weighted by molar-refractivity contribution is 6.30. The van der Waals surface area contributed by atoms with Crippen LogP contribution in [0.1, 0.15) is 12.8 Å². The van der Waals surface area contributed by atoms with Gasteiger partial charge in [-0.2, -0.15) is 4.68 Å². The SMILES string of the molecule is N[C@H](CCCNc1ncc(-c2nnnn2-c2ccccc2)c(-c2cccc(Cl)c2)n1)C(=O)O. The first-order valence-corrected chi connectivity index (χ1v) is 10.6. The minimum absolute atomic E-state index is 0.341. The summed E-state index contributed by atoms with van der Waals surface area (Å²) in [6.07, 6.45) is 2.55. The van der Waals surface area contributed by atoms with Crippen LogP contribution in [0.5, 0.6) is 0 Å². The lowest BCUT2D eigenvalue weighted by Gasteiger charge is -2.12. The lowest BCUT2D eigenvalue weighted by Crippen LogP contribution is -2.30. The van der Waals surface area contributed by atoms with Gasteiger partial charge in [-0.15, -0.1) is 5.10 Å². The number of hydrogen-bond donors (Lipinski definition) is 3. The lowest BCUT2D eigenvalue weighted by molar-refractivity contribution is -0.138. The molecule has 0 amide bonds. The van der Waals surface area contributed by atoms with Crippen molar-refractivity contribution in [1.29, 1.82) is 0 Å². The topological polar surface area (TPSA) is 145 Å². The molecule has 4 rings (SSSR count). The maximum atomic E-state index is 10.9. The second kappa shape index (κ2) is 10.2. The third-order valence-electron chi connectivity index (χ3n) is 4.89. The molecule has 4 N–H and O–H groups in total. The number of carbonyl (C=O) groups is 1. The van der Waals surface area contributed by atoms with Crippen molar-refractivity contribution in [3.05, 3.63) is 65.8 Å². The monoisotopic (exact) mass is 464 g/mol. The van der Waals surface area contributed by atoms with E-state index in [0.29, 0.717) is 47.4 Å².